The van der Waals surface area contributed by atoms with Gasteiger partial charge in [-0.05, 0) is 107 Å². The van der Waals surface area contributed by atoms with E-state index in [0.29, 0.717) is 28.7 Å². The number of nitrogen functional groups attached to an aromatic ring is 1. The molecule has 0 saturated carbocycles. The number of nitrogens with zero attached hydrogens (tertiary/aromatic N) is 1. The number of fused-ring (bicyclic) bond motifs is 1. The number of nitrogens with one attached hydrogen (secondary N) is 1. The lowest BCUT2D eigenvalue weighted by atomic mass is 9.96. The summed E-state index contributed by atoms with van der Waals surface area (Å²) in [5.74, 6) is 1.15. The first-order chi connectivity index (χ1) is 20.9. The first-order valence-corrected chi connectivity index (χ1v) is 13.4. The number of ether oxygens (including phenoxy) is 1. The minimum absolute atomic E-state index is 0.172. The fraction of sp³-hybridized carbons (Fsp3) is 0.0286. The molecule has 0 fully saturated rings. The van der Waals surface area contributed by atoms with Crippen molar-refractivity contribution in [2.75, 3.05) is 5.73 Å². The maximum absolute atomic E-state index is 13.7. The van der Waals surface area contributed by atoms with Crippen LogP contribution in [0.3, 0.4) is 0 Å². The van der Waals surface area contributed by atoms with E-state index in [2.05, 4.69) is 10.3 Å². The van der Waals surface area contributed by atoms with Gasteiger partial charge in [0, 0.05) is 23.2 Å². The van der Waals surface area contributed by atoms with Gasteiger partial charge in [0.2, 0.25) is 5.91 Å². The van der Waals surface area contributed by atoms with E-state index in [4.69, 9.17) is 14.9 Å². The third-order valence-electron chi connectivity index (χ3n) is 6.73. The molecule has 0 bridgehead atoms. The summed E-state index contributed by atoms with van der Waals surface area (Å²) in [6.45, 7) is 0.172. The zero-order chi connectivity index (χ0) is 29.8. The lowest BCUT2D eigenvalue weighted by Gasteiger charge is -2.10. The molecular weight excluding hydrogens is 548 g/mol. The van der Waals surface area contributed by atoms with E-state index in [0.717, 1.165) is 33.2 Å². The van der Waals surface area contributed by atoms with Crippen LogP contribution in [-0.4, -0.2) is 10.9 Å². The Bertz CT molecular complexity index is 1910. The number of furan rings is 1. The van der Waals surface area contributed by atoms with Gasteiger partial charge in [0.05, 0.1) is 6.54 Å². The van der Waals surface area contributed by atoms with Crippen LogP contribution in [0.25, 0.3) is 39.3 Å². The van der Waals surface area contributed by atoms with E-state index < -0.39 is 0 Å². The van der Waals surface area contributed by atoms with E-state index >= 15 is 0 Å². The molecule has 0 aliphatic heterocycles. The van der Waals surface area contributed by atoms with Gasteiger partial charge in [-0.15, -0.1) is 0 Å². The van der Waals surface area contributed by atoms with Crippen molar-refractivity contribution in [3.8, 4) is 33.8 Å². The molecule has 0 aliphatic rings. The van der Waals surface area contributed by atoms with Crippen molar-refractivity contribution in [3.05, 3.63) is 138 Å². The number of nitrogens with two attached hydrogens (primary N) is 1. The Morgan fingerprint density at radius 2 is 1.47 bits per heavy atom. The predicted octanol–water partition coefficient (Wildman–Crippen LogP) is 8.14. The maximum Gasteiger partial charge on any atom is 0.244 e. The van der Waals surface area contributed by atoms with Crippen LogP contribution in [0.5, 0.6) is 11.5 Å². The number of amides is 1. The lowest BCUT2D eigenvalue weighted by molar-refractivity contribution is -0.116. The van der Waals surface area contributed by atoms with Crippen molar-refractivity contribution in [2.45, 2.75) is 6.54 Å². The van der Waals surface area contributed by atoms with E-state index in [1.807, 2.05) is 42.5 Å². The molecule has 0 unspecified atom stereocenters. The van der Waals surface area contributed by atoms with E-state index in [1.165, 1.54) is 30.3 Å². The van der Waals surface area contributed by atoms with Crippen LogP contribution < -0.4 is 15.8 Å². The number of carbonyl (C=O) groups excluding carboxylic acids is 1. The Morgan fingerprint density at radius 3 is 2.14 bits per heavy atom. The molecule has 6 aromatic rings. The number of hydrogen-bond donors (Lipinski definition) is 2. The van der Waals surface area contributed by atoms with Crippen LogP contribution in [0.1, 0.15) is 11.3 Å². The van der Waals surface area contributed by atoms with Crippen molar-refractivity contribution in [1.29, 1.82) is 0 Å². The topological polar surface area (TPSA) is 90.4 Å². The minimum atomic E-state index is -0.335. The molecule has 2 heterocycles. The lowest BCUT2D eigenvalue weighted by Crippen LogP contribution is -2.19. The smallest absolute Gasteiger partial charge is 0.244 e. The summed E-state index contributed by atoms with van der Waals surface area (Å²) < 4.78 is 39.0. The summed E-state index contributed by atoms with van der Waals surface area (Å²) in [6.07, 6.45) is 4.65. The number of rotatable bonds is 8. The fourth-order valence-corrected chi connectivity index (χ4v) is 4.58. The van der Waals surface area contributed by atoms with E-state index in [9.17, 15) is 13.6 Å². The number of aromatic nitrogens is 1. The highest BCUT2D eigenvalue weighted by Crippen LogP contribution is 2.37. The van der Waals surface area contributed by atoms with Crippen molar-refractivity contribution >= 4 is 28.8 Å². The van der Waals surface area contributed by atoms with Gasteiger partial charge in [-0.3, -0.25) is 4.79 Å². The molecule has 4 aromatic carbocycles. The number of halogens is 2. The van der Waals surface area contributed by atoms with Gasteiger partial charge in [0.25, 0.3) is 0 Å². The minimum Gasteiger partial charge on any atom is -0.459 e. The fourth-order valence-electron chi connectivity index (χ4n) is 4.58. The highest BCUT2D eigenvalue weighted by molar-refractivity contribution is 5.97. The van der Waals surface area contributed by atoms with Crippen LogP contribution in [0, 0.1) is 11.6 Å². The number of hydrogen-bond acceptors (Lipinski definition) is 5. The SMILES string of the molecule is Nc1ccc(C=CC(=O)NCc2cc3cc(-c4ccc(Oc5ccc(F)cc5)cc4)cc(-c4ccc(F)cc4)c3o2)cn1. The normalized spacial score (nSPS) is 11.2. The number of pyridine rings is 1. The van der Waals surface area contributed by atoms with Crippen LogP contribution in [0.15, 0.2) is 120 Å². The van der Waals surface area contributed by atoms with Crippen molar-refractivity contribution < 1.29 is 22.7 Å². The Kier molecular flexibility index (Phi) is 7.65. The Hall–Kier alpha value is -5.76. The van der Waals surface area contributed by atoms with Gasteiger partial charge in [0.1, 0.15) is 40.3 Å². The second-order valence-corrected chi connectivity index (χ2v) is 9.81. The van der Waals surface area contributed by atoms with Gasteiger partial charge < -0.3 is 20.2 Å². The molecule has 3 N–H and O–H groups in total. The van der Waals surface area contributed by atoms with Crippen LogP contribution in [0.4, 0.5) is 14.6 Å². The number of carbonyl (C=O) groups is 1. The third-order valence-corrected chi connectivity index (χ3v) is 6.73. The molecule has 0 radical (unpaired) electrons. The molecule has 0 aliphatic carbocycles. The predicted molar refractivity (Wildman–Crippen MR) is 163 cm³/mol. The van der Waals surface area contributed by atoms with Gasteiger partial charge >= 0.3 is 0 Å². The zero-order valence-electron chi connectivity index (χ0n) is 22.8. The second kappa shape index (κ2) is 12.0. The van der Waals surface area contributed by atoms with Gasteiger partial charge in [-0.25, -0.2) is 13.8 Å². The van der Waals surface area contributed by atoms with Crippen molar-refractivity contribution in [1.82, 2.24) is 10.3 Å². The third kappa shape index (κ3) is 6.60. The summed E-state index contributed by atoms with van der Waals surface area (Å²) in [5.41, 5.74) is 10.4. The molecular formula is C35H25F2N3O3. The molecule has 43 heavy (non-hydrogen) atoms. The zero-order valence-corrected chi connectivity index (χ0v) is 22.8. The monoisotopic (exact) mass is 573 g/mol. The van der Waals surface area contributed by atoms with Gasteiger partial charge in [0.15, 0.2) is 0 Å². The quantitative estimate of drug-likeness (QED) is 0.179. The largest absolute Gasteiger partial charge is 0.459 e. The summed E-state index contributed by atoms with van der Waals surface area (Å²) in [4.78, 5) is 16.4. The first kappa shape index (κ1) is 27.4. The standard InChI is InChI=1S/C35H25F2N3O3/c36-27-7-3-24(4-8-27)32-19-25(23-5-11-29(12-6-23)42-30-13-9-28(37)10-14-30)17-26-18-31(43-35(26)32)21-40-34(41)16-2-22-1-15-33(38)39-20-22/h1-20H,21H2,(H2,38,39)(H,40,41). The van der Waals surface area contributed by atoms with Crippen molar-refractivity contribution in [3.63, 3.8) is 0 Å². The molecule has 212 valence electrons. The number of anilines is 1. The molecule has 1 amide bonds. The average molecular weight is 574 g/mol. The Morgan fingerprint density at radius 1 is 0.814 bits per heavy atom. The van der Waals surface area contributed by atoms with Crippen LogP contribution >= 0.6 is 0 Å². The molecule has 6 rings (SSSR count). The van der Waals surface area contributed by atoms with Gasteiger partial charge in [-0.1, -0.05) is 24.3 Å². The first-order valence-electron chi connectivity index (χ1n) is 13.4. The summed E-state index contributed by atoms with van der Waals surface area (Å²) >= 11 is 0. The van der Waals surface area contributed by atoms with E-state index in [-0.39, 0.29) is 24.1 Å². The molecule has 0 atom stereocenters. The Balaban J connectivity index is 1.26. The second-order valence-electron chi connectivity index (χ2n) is 9.81. The molecule has 0 spiro atoms. The van der Waals surface area contributed by atoms with Crippen LogP contribution in [0.2, 0.25) is 0 Å². The molecule has 2 aromatic heterocycles. The van der Waals surface area contributed by atoms with Crippen molar-refractivity contribution in [2.24, 2.45) is 0 Å². The molecule has 0 saturated heterocycles. The number of benzene rings is 4. The maximum atomic E-state index is 13.7. The highest BCUT2D eigenvalue weighted by atomic mass is 19.1. The summed E-state index contributed by atoms with van der Waals surface area (Å²) in [6, 6.07) is 28.9. The van der Waals surface area contributed by atoms with Crippen LogP contribution in [-0.2, 0) is 11.3 Å². The molecule has 6 nitrogen and oxygen atoms in total. The van der Waals surface area contributed by atoms with E-state index in [1.54, 1.807) is 48.7 Å². The average Bonchev–Trinajstić information content (AvgIpc) is 3.44. The Labute approximate surface area is 246 Å². The summed E-state index contributed by atoms with van der Waals surface area (Å²) in [5, 5.41) is 3.66. The van der Waals surface area contributed by atoms with Gasteiger partial charge in [-0.2, -0.15) is 0 Å². The summed E-state index contributed by atoms with van der Waals surface area (Å²) in [7, 11) is 0. The highest BCUT2D eigenvalue weighted by Gasteiger charge is 2.14. The molecule has 8 heteroatoms.